The molecule has 4 nitrogen and oxygen atoms in total. The Morgan fingerprint density at radius 2 is 2.00 bits per heavy atom. The molecule has 0 aliphatic carbocycles. The third-order valence-corrected chi connectivity index (χ3v) is 2.04. The fourth-order valence-corrected chi connectivity index (χ4v) is 1.18. The van der Waals surface area contributed by atoms with Crippen LogP contribution in [0.4, 0.5) is 5.95 Å². The molecule has 0 unspecified atom stereocenters. The van der Waals surface area contributed by atoms with Gasteiger partial charge in [0, 0.05) is 18.8 Å². The normalized spacial score (nSPS) is 10.0. The zero-order valence-corrected chi connectivity index (χ0v) is 9.29. The van der Waals surface area contributed by atoms with Crippen LogP contribution in [0.2, 0.25) is 0 Å². The molecular weight excluding hydrogens is 190 g/mol. The lowest BCUT2D eigenvalue weighted by atomic mass is 10.2. The van der Waals surface area contributed by atoms with E-state index >= 15 is 0 Å². The fourth-order valence-electron chi connectivity index (χ4n) is 1.18. The molecule has 0 saturated heterocycles. The van der Waals surface area contributed by atoms with Crippen LogP contribution in [0.25, 0.3) is 0 Å². The average Bonchev–Trinajstić information content (AvgIpc) is 2.22. The van der Waals surface area contributed by atoms with Gasteiger partial charge in [0.05, 0.1) is 0 Å². The molecule has 0 saturated carbocycles. The van der Waals surface area contributed by atoms with Gasteiger partial charge in [-0.1, -0.05) is 19.8 Å². The lowest BCUT2D eigenvalue weighted by Gasteiger charge is -2.02. The maximum Gasteiger partial charge on any atom is 0.229 e. The Morgan fingerprint density at radius 1 is 1.33 bits per heavy atom. The van der Waals surface area contributed by atoms with Crippen LogP contribution in [0.5, 0.6) is 0 Å². The van der Waals surface area contributed by atoms with E-state index in [1.54, 1.807) is 12.4 Å². The summed E-state index contributed by atoms with van der Waals surface area (Å²) in [6.07, 6.45) is 7.05. The van der Waals surface area contributed by atoms with Crippen LogP contribution in [0, 0.1) is 6.92 Å². The first kappa shape index (κ1) is 11.6. The van der Waals surface area contributed by atoms with Crippen molar-refractivity contribution in [2.75, 3.05) is 5.32 Å². The summed E-state index contributed by atoms with van der Waals surface area (Å²) in [5.41, 5.74) is 0.985. The van der Waals surface area contributed by atoms with Gasteiger partial charge in [0.15, 0.2) is 0 Å². The molecule has 0 fully saturated rings. The van der Waals surface area contributed by atoms with E-state index in [9.17, 15) is 4.79 Å². The summed E-state index contributed by atoms with van der Waals surface area (Å²) in [7, 11) is 0. The largest absolute Gasteiger partial charge is 0.295 e. The summed E-state index contributed by atoms with van der Waals surface area (Å²) in [5.74, 6) is 0.384. The highest BCUT2D eigenvalue weighted by Crippen LogP contribution is 2.03. The van der Waals surface area contributed by atoms with Gasteiger partial charge in [-0.15, -0.1) is 0 Å². The number of aryl methyl sites for hydroxylation is 1. The van der Waals surface area contributed by atoms with Crippen molar-refractivity contribution in [1.29, 1.82) is 0 Å². The van der Waals surface area contributed by atoms with Crippen molar-refractivity contribution in [3.05, 3.63) is 18.0 Å². The Hall–Kier alpha value is -1.45. The molecule has 1 aromatic heterocycles. The number of unbranched alkanes of at least 4 members (excludes halogenated alkanes) is 2. The molecule has 1 amide bonds. The average molecular weight is 207 g/mol. The third kappa shape index (κ3) is 4.54. The van der Waals surface area contributed by atoms with Crippen LogP contribution in [0.1, 0.15) is 38.2 Å². The molecule has 0 aliphatic heterocycles. The maximum absolute atomic E-state index is 11.4. The summed E-state index contributed by atoms with van der Waals surface area (Å²) >= 11 is 0. The summed E-state index contributed by atoms with van der Waals surface area (Å²) in [6, 6.07) is 0. The van der Waals surface area contributed by atoms with E-state index < -0.39 is 0 Å². The summed E-state index contributed by atoms with van der Waals surface area (Å²) in [5, 5.41) is 2.67. The topological polar surface area (TPSA) is 54.9 Å². The van der Waals surface area contributed by atoms with Gasteiger partial charge in [0.2, 0.25) is 11.9 Å². The van der Waals surface area contributed by atoms with Crippen molar-refractivity contribution in [2.45, 2.75) is 39.5 Å². The molecule has 0 radical (unpaired) electrons. The zero-order chi connectivity index (χ0) is 11.1. The molecule has 1 rings (SSSR count). The monoisotopic (exact) mass is 207 g/mol. The standard InChI is InChI=1S/C11H17N3O/c1-3-4-5-6-10(15)14-11-12-7-9(2)8-13-11/h7-8H,3-6H2,1-2H3,(H,12,13,14,15). The van der Waals surface area contributed by atoms with Gasteiger partial charge in [-0.2, -0.15) is 0 Å². The second-order valence-corrected chi connectivity index (χ2v) is 3.59. The zero-order valence-electron chi connectivity index (χ0n) is 9.29. The molecular formula is C11H17N3O. The molecule has 0 spiro atoms. The predicted molar refractivity (Wildman–Crippen MR) is 59.5 cm³/mol. The quantitative estimate of drug-likeness (QED) is 0.754. The maximum atomic E-state index is 11.4. The van der Waals surface area contributed by atoms with E-state index in [4.69, 9.17) is 0 Å². The van der Waals surface area contributed by atoms with E-state index in [0.29, 0.717) is 12.4 Å². The van der Waals surface area contributed by atoms with E-state index in [1.807, 2.05) is 6.92 Å². The van der Waals surface area contributed by atoms with Crippen LogP contribution in [0.15, 0.2) is 12.4 Å². The second kappa shape index (κ2) is 6.11. The molecule has 1 aromatic rings. The minimum atomic E-state index is -0.00713. The molecule has 0 bridgehead atoms. The van der Waals surface area contributed by atoms with Gasteiger partial charge in [0.25, 0.3) is 0 Å². The van der Waals surface area contributed by atoms with E-state index in [-0.39, 0.29) is 5.91 Å². The van der Waals surface area contributed by atoms with Gasteiger partial charge in [-0.3, -0.25) is 10.1 Å². The fraction of sp³-hybridized carbons (Fsp3) is 0.545. The number of anilines is 1. The van der Waals surface area contributed by atoms with E-state index in [1.165, 1.54) is 0 Å². The van der Waals surface area contributed by atoms with Crippen molar-refractivity contribution in [3.8, 4) is 0 Å². The Kier molecular flexibility index (Phi) is 4.74. The Balaban J connectivity index is 2.34. The summed E-state index contributed by atoms with van der Waals surface area (Å²) in [4.78, 5) is 19.4. The molecule has 0 aliphatic rings. The summed E-state index contributed by atoms with van der Waals surface area (Å²) < 4.78 is 0. The van der Waals surface area contributed by atoms with Crippen LogP contribution in [-0.4, -0.2) is 15.9 Å². The van der Waals surface area contributed by atoms with Crippen LogP contribution in [0.3, 0.4) is 0 Å². The lowest BCUT2D eigenvalue weighted by Crippen LogP contribution is -2.13. The van der Waals surface area contributed by atoms with Crippen molar-refractivity contribution >= 4 is 11.9 Å². The Morgan fingerprint density at radius 3 is 2.60 bits per heavy atom. The predicted octanol–water partition coefficient (Wildman–Crippen LogP) is 2.30. The van der Waals surface area contributed by atoms with Crippen molar-refractivity contribution in [1.82, 2.24) is 9.97 Å². The number of carbonyl (C=O) groups is 1. The van der Waals surface area contributed by atoms with Crippen molar-refractivity contribution < 1.29 is 4.79 Å². The number of hydrogen-bond acceptors (Lipinski definition) is 3. The number of nitrogens with one attached hydrogen (secondary N) is 1. The molecule has 4 heteroatoms. The first-order valence-electron chi connectivity index (χ1n) is 5.31. The van der Waals surface area contributed by atoms with Crippen LogP contribution >= 0.6 is 0 Å². The highest BCUT2D eigenvalue weighted by atomic mass is 16.1. The minimum absolute atomic E-state index is 0.00713. The van der Waals surface area contributed by atoms with Crippen molar-refractivity contribution in [2.24, 2.45) is 0 Å². The first-order valence-corrected chi connectivity index (χ1v) is 5.31. The van der Waals surface area contributed by atoms with Crippen LogP contribution < -0.4 is 5.32 Å². The minimum Gasteiger partial charge on any atom is -0.295 e. The first-order chi connectivity index (χ1) is 7.22. The van der Waals surface area contributed by atoms with Gasteiger partial charge < -0.3 is 0 Å². The van der Waals surface area contributed by atoms with Gasteiger partial charge in [-0.05, 0) is 18.9 Å². The van der Waals surface area contributed by atoms with Gasteiger partial charge >= 0.3 is 0 Å². The Bertz CT molecular complexity index is 308. The number of aromatic nitrogens is 2. The molecule has 1 heterocycles. The van der Waals surface area contributed by atoms with Crippen molar-refractivity contribution in [3.63, 3.8) is 0 Å². The molecule has 0 atom stereocenters. The number of hydrogen-bond donors (Lipinski definition) is 1. The number of carbonyl (C=O) groups excluding carboxylic acids is 1. The molecule has 0 aromatic carbocycles. The highest BCUT2D eigenvalue weighted by molar-refractivity contribution is 5.88. The lowest BCUT2D eigenvalue weighted by molar-refractivity contribution is -0.116. The van der Waals surface area contributed by atoms with E-state index in [2.05, 4.69) is 22.2 Å². The van der Waals surface area contributed by atoms with Gasteiger partial charge in [-0.25, -0.2) is 9.97 Å². The Labute approximate surface area is 90.1 Å². The molecule has 82 valence electrons. The smallest absolute Gasteiger partial charge is 0.229 e. The van der Waals surface area contributed by atoms with Crippen LogP contribution in [-0.2, 0) is 4.79 Å². The summed E-state index contributed by atoms with van der Waals surface area (Å²) in [6.45, 7) is 4.02. The third-order valence-electron chi connectivity index (χ3n) is 2.04. The second-order valence-electron chi connectivity index (χ2n) is 3.59. The number of amides is 1. The SMILES string of the molecule is CCCCCC(=O)Nc1ncc(C)cn1. The molecule has 15 heavy (non-hydrogen) atoms. The molecule has 1 N–H and O–H groups in total. The van der Waals surface area contributed by atoms with E-state index in [0.717, 1.165) is 24.8 Å². The van der Waals surface area contributed by atoms with Gasteiger partial charge in [0.1, 0.15) is 0 Å². The highest BCUT2D eigenvalue weighted by Gasteiger charge is 2.02. The number of rotatable bonds is 5. The number of nitrogens with zero attached hydrogens (tertiary/aromatic N) is 2.